The highest BCUT2D eigenvalue weighted by atomic mass is 32.1. The van der Waals surface area contributed by atoms with Gasteiger partial charge in [0.05, 0.1) is 46.3 Å². The van der Waals surface area contributed by atoms with Gasteiger partial charge in [-0.1, -0.05) is 66.8 Å². The smallest absolute Gasteiger partial charge is 0.468 e. The summed E-state index contributed by atoms with van der Waals surface area (Å²) in [5.74, 6) is -2.17. The van der Waals surface area contributed by atoms with Crippen LogP contribution < -0.4 is 39.8 Å². The van der Waals surface area contributed by atoms with Gasteiger partial charge in [0.1, 0.15) is 39.1 Å². The first-order valence-electron chi connectivity index (χ1n) is 31.6. The molecule has 0 atom stereocenters. The Morgan fingerprint density at radius 3 is 1.21 bits per heavy atom. The monoisotopic (exact) mass is 1510 g/mol. The van der Waals surface area contributed by atoms with Gasteiger partial charge in [-0.2, -0.15) is 4.99 Å². The topological polar surface area (TPSA) is 234 Å². The van der Waals surface area contributed by atoms with Crippen LogP contribution in [0.15, 0.2) is 212 Å². The number of benzene rings is 7. The summed E-state index contributed by atoms with van der Waals surface area (Å²) in [5.41, 5.74) is 9.18. The summed E-state index contributed by atoms with van der Waals surface area (Å²) in [6.45, 7) is 11.6. The van der Waals surface area contributed by atoms with Gasteiger partial charge >= 0.3 is 43.5 Å². The average Bonchev–Trinajstić information content (AvgIpc) is 1.63. The number of fused-ring (bicyclic) bond motifs is 3. The summed E-state index contributed by atoms with van der Waals surface area (Å²) in [7, 11) is 1.40. The lowest BCUT2D eigenvalue weighted by molar-refractivity contribution is -0.275. The molecule has 0 unspecified atom stereocenters. The fraction of sp³-hybridized carbons (Fsp3) is 0.230. The highest BCUT2D eigenvalue weighted by Gasteiger charge is 2.52. The molecule has 2 aliphatic rings. The molecule has 0 spiro atoms. The van der Waals surface area contributed by atoms with Crippen molar-refractivity contribution in [1.29, 1.82) is 0 Å². The van der Waals surface area contributed by atoms with Crippen LogP contribution >= 0.6 is 12.2 Å². The van der Waals surface area contributed by atoms with Crippen LogP contribution in [0.5, 0.6) is 23.0 Å². The fourth-order valence-corrected chi connectivity index (χ4v) is 10.9. The third kappa shape index (κ3) is 21.6. The molecule has 0 saturated carbocycles. The van der Waals surface area contributed by atoms with E-state index in [-0.39, 0.29) is 47.2 Å². The van der Waals surface area contributed by atoms with Gasteiger partial charge in [0.2, 0.25) is 6.08 Å². The molecule has 2 saturated heterocycles. The number of imide groups is 1. The minimum absolute atomic E-state index is 0.166. The van der Waals surface area contributed by atoms with Crippen molar-refractivity contribution in [2.75, 3.05) is 22.6 Å². The van der Waals surface area contributed by atoms with Crippen molar-refractivity contribution in [1.82, 2.24) is 30.1 Å². The van der Waals surface area contributed by atoms with Crippen LogP contribution in [0, 0.1) is 0 Å². The number of nitrogens with one attached hydrogen (secondary N) is 1. The molecule has 0 aliphatic carbocycles. The van der Waals surface area contributed by atoms with Crippen LogP contribution in [-0.4, -0.2) is 109 Å². The molecule has 7 aromatic carbocycles. The molecular weight excluding hydrogens is 1450 g/mol. The Bertz CT molecular complexity index is 4650. The Morgan fingerprint density at radius 2 is 0.832 bits per heavy atom. The highest BCUT2D eigenvalue weighted by molar-refractivity contribution is 7.81. The second-order valence-corrected chi connectivity index (χ2v) is 24.9. The Kier molecular flexibility index (Phi) is 25.2. The van der Waals surface area contributed by atoms with Gasteiger partial charge in [-0.25, -0.2) is 19.3 Å². The van der Waals surface area contributed by atoms with Gasteiger partial charge < -0.3 is 39.2 Å². The van der Waals surface area contributed by atoms with Gasteiger partial charge in [-0.3, -0.25) is 34.8 Å². The Balaban J connectivity index is 0.000000177. The summed E-state index contributed by atoms with van der Waals surface area (Å²) < 4.78 is 164. The first-order chi connectivity index (χ1) is 50.2. The summed E-state index contributed by atoms with van der Waals surface area (Å²) in [6.07, 6.45) is -12.6. The lowest BCUT2D eigenvalue weighted by Gasteiger charge is -2.29. The van der Waals surface area contributed by atoms with Crippen LogP contribution in [0.25, 0.3) is 32.7 Å². The van der Waals surface area contributed by atoms with Gasteiger partial charge in [-0.15, -0.1) is 52.7 Å². The molecule has 20 nitrogen and oxygen atoms in total. The molecule has 0 radical (unpaired) electrons. The number of aromatic nitrogens is 3. The Labute approximate surface area is 607 Å². The molecule has 5 heterocycles. The maximum atomic E-state index is 13.3. The lowest BCUT2D eigenvalue weighted by Crippen LogP contribution is -2.46. The third-order valence-corrected chi connectivity index (χ3v) is 16.6. The third-order valence-electron chi connectivity index (χ3n) is 16.0. The molecule has 3 N–H and O–H groups in total. The zero-order valence-electron chi connectivity index (χ0n) is 57.4. The number of isocyanates is 1. The molecule has 2 aliphatic heterocycles. The van der Waals surface area contributed by atoms with Crippen molar-refractivity contribution in [3.63, 3.8) is 0 Å². The van der Waals surface area contributed by atoms with Crippen molar-refractivity contribution >= 4 is 103 Å². The number of pyridine rings is 3. The standard InChI is InChI=1S/C22H18F3N3O3.C22H18F3N3O2S.C15H18N2O2.C8H4F3NO2.C7H6F3NO/c1-21(2)19(29)28(15-7-9-16(10-8-15)31-22(23,24)25)20(30)27(21)13-14-11-12-26-18-6-4-3-5-17(14)18;1-21(2)19(31)28(15-7-9-16(10-8-15)30-22(23,24)25)20(29)27(21)13-14-11-12-26-18-6-4-3-5-17(14)18;1-15(2,14(18)19-3)17-10-11-8-9-16-13-7-5-4-6-12(11)13;9-8(10,11)14-7-3-1-6(2-4-7)12-5-13;8-7(9,10)12-6-3-1-5(11)2-4-6/h2*3-12H,13H2,1-2H3;4-9,17H,10H2,1-3H3;1-4H;1-4H,11H2. The van der Waals surface area contributed by atoms with Crippen molar-refractivity contribution in [2.45, 2.75) is 103 Å². The number of nitrogens with two attached hydrogens (primary N) is 1. The number of alkyl halides is 12. The summed E-state index contributed by atoms with van der Waals surface area (Å²) >= 11 is 5.59. The number of thiocarbonyl (C=S) groups is 1. The minimum atomic E-state index is -4.83. The van der Waals surface area contributed by atoms with Crippen LogP contribution in [0.2, 0.25) is 0 Å². The molecule has 10 aromatic rings. The number of hydrogen-bond acceptors (Lipinski definition) is 17. The van der Waals surface area contributed by atoms with Crippen LogP contribution in [-0.2, 0) is 38.8 Å². The first-order valence-corrected chi connectivity index (χ1v) is 32.0. The van der Waals surface area contributed by atoms with Crippen molar-refractivity contribution in [3.8, 4) is 23.0 Å². The summed E-state index contributed by atoms with van der Waals surface area (Å²) in [4.78, 5) is 82.9. The molecular formula is C74H64F12N10O10S. The zero-order valence-corrected chi connectivity index (χ0v) is 58.2. The molecule has 33 heteroatoms. The molecule has 560 valence electrons. The predicted octanol–water partition coefficient (Wildman–Crippen LogP) is 17.6. The molecule has 0 bridgehead atoms. The van der Waals surface area contributed by atoms with E-state index in [1.807, 2.05) is 113 Å². The highest BCUT2D eigenvalue weighted by Crippen LogP contribution is 2.39. The number of aliphatic imine (C=N–C) groups is 1. The van der Waals surface area contributed by atoms with Crippen LogP contribution in [0.3, 0.4) is 0 Å². The predicted molar refractivity (Wildman–Crippen MR) is 375 cm³/mol. The van der Waals surface area contributed by atoms with E-state index in [1.54, 1.807) is 43.4 Å². The molecule has 12 rings (SSSR count). The number of hydrogen-bond donors (Lipinski definition) is 2. The van der Waals surface area contributed by atoms with Crippen molar-refractivity contribution in [2.24, 2.45) is 4.99 Å². The number of anilines is 3. The second-order valence-electron chi connectivity index (χ2n) is 24.5. The van der Waals surface area contributed by atoms with E-state index in [9.17, 15) is 76.7 Å². The van der Waals surface area contributed by atoms with E-state index in [0.29, 0.717) is 29.5 Å². The van der Waals surface area contributed by atoms with E-state index < -0.39 is 59.8 Å². The van der Waals surface area contributed by atoms with Gasteiger partial charge in [0.15, 0.2) is 0 Å². The van der Waals surface area contributed by atoms with Crippen LogP contribution in [0.1, 0.15) is 58.2 Å². The number of rotatable bonds is 15. The number of carbonyl (C=O) groups excluding carboxylic acids is 5. The molecule has 2 fully saturated rings. The molecule has 107 heavy (non-hydrogen) atoms. The van der Waals surface area contributed by atoms with Crippen LogP contribution in [0.4, 0.5) is 85.0 Å². The van der Waals surface area contributed by atoms with Gasteiger partial charge in [-0.05, 0) is 192 Å². The minimum Gasteiger partial charge on any atom is -0.468 e. The van der Waals surface area contributed by atoms with E-state index in [4.69, 9.17) is 22.7 Å². The quantitative estimate of drug-likeness (QED) is 0.0185. The van der Waals surface area contributed by atoms with Gasteiger partial charge in [0, 0.05) is 60.1 Å². The summed E-state index contributed by atoms with van der Waals surface area (Å²) in [6, 6.07) is 47.0. The first kappa shape index (κ1) is 80.7. The maximum absolute atomic E-state index is 13.3. The fourth-order valence-electron chi connectivity index (χ4n) is 10.6. The Morgan fingerprint density at radius 1 is 0.495 bits per heavy atom. The number of carbonyl (C=O) groups is 4. The number of esters is 1. The Hall–Kier alpha value is -12.0. The molecule has 5 amide bonds. The normalized spacial score (nSPS) is 14.1. The number of methoxy groups -OCH3 is 1. The second kappa shape index (κ2) is 33.4. The van der Waals surface area contributed by atoms with Crippen molar-refractivity contribution < 1.29 is 100 Å². The molecule has 3 aromatic heterocycles. The number of nitrogen functional groups attached to an aromatic ring is 1. The zero-order chi connectivity index (χ0) is 78.5. The van der Waals surface area contributed by atoms with E-state index in [2.05, 4.69) is 44.2 Å². The number of urea groups is 2. The van der Waals surface area contributed by atoms with E-state index in [0.717, 1.165) is 103 Å². The maximum Gasteiger partial charge on any atom is 0.573 e. The number of halogens is 12. The average molecular weight is 1510 g/mol. The van der Waals surface area contributed by atoms with E-state index >= 15 is 0 Å². The van der Waals surface area contributed by atoms with Crippen molar-refractivity contribution in [3.05, 3.63) is 223 Å². The number of ether oxygens (including phenoxy) is 5. The summed E-state index contributed by atoms with van der Waals surface area (Å²) in [5, 5.41) is 6.12. The number of amides is 5. The van der Waals surface area contributed by atoms with Gasteiger partial charge in [0.25, 0.3) is 5.91 Å². The SMILES string of the molecule is CC1(C)C(=O)N(c2ccc(OC(F)(F)F)cc2)C(=O)N1Cc1ccnc2ccccc12.CC1(C)C(=S)N(c2ccc(OC(F)(F)F)cc2)C(=O)N1Cc1ccnc2ccccc12.COC(=O)C(C)(C)NCc1ccnc2ccccc12.Nc1ccc(OC(F)(F)F)cc1.O=C=Nc1ccc(OC(F)(F)F)cc1. The number of nitrogens with zero attached hydrogens (tertiary/aromatic N) is 8. The number of para-hydroxylation sites is 3. The largest absolute Gasteiger partial charge is 0.573 e. The lowest BCUT2D eigenvalue weighted by atomic mass is 10.0. The van der Waals surface area contributed by atoms with E-state index in [1.165, 1.54) is 71.5 Å².